The minimum Gasteiger partial charge on any atom is -0.354 e. The fraction of sp³-hybridized carbons (Fsp3) is 0. The van der Waals surface area contributed by atoms with E-state index in [9.17, 15) is 5.41 Å². The van der Waals surface area contributed by atoms with Gasteiger partial charge in [0.15, 0.2) is 5.82 Å². The molecule has 1 aliphatic heterocycles. The summed E-state index contributed by atoms with van der Waals surface area (Å²) in [5.41, 5.74) is 18.3. The third kappa shape index (κ3) is 7.38. The molecule has 0 saturated carbocycles. The van der Waals surface area contributed by atoms with E-state index in [1.165, 1.54) is 21.8 Å². The number of allylic oxidation sites excluding steroid dienone is 1. The summed E-state index contributed by atoms with van der Waals surface area (Å²) in [7, 11) is 0. The van der Waals surface area contributed by atoms with Gasteiger partial charge in [0, 0.05) is 55.5 Å². The molecule has 11 aromatic rings. The van der Waals surface area contributed by atoms with E-state index in [0.29, 0.717) is 11.5 Å². The Morgan fingerprint density at radius 1 is 0.412 bits per heavy atom. The maximum Gasteiger partial charge on any atom is 0.160 e. The SMILES string of the molecule is N=C(/C(=C1\NC(c2ccccc2)=Cc2c1cccc2-c1cccc(-c2cc(-c3ccc(-n4c5ccccc5c5ccccc54)cc3)nc(-c3ccccc3)n2)c1)c1ccccc1)c1ccccc1. The van der Waals surface area contributed by atoms with Crippen molar-refractivity contribution in [2.75, 3.05) is 0 Å². The van der Waals surface area contributed by atoms with Gasteiger partial charge in [0.25, 0.3) is 0 Å². The predicted octanol–water partition coefficient (Wildman–Crippen LogP) is 15.3. The molecule has 0 spiro atoms. The molecule has 3 heterocycles. The lowest BCUT2D eigenvalue weighted by Gasteiger charge is -2.27. The highest BCUT2D eigenvalue weighted by Crippen LogP contribution is 2.41. The summed E-state index contributed by atoms with van der Waals surface area (Å²) in [6, 6.07) is 84.1. The number of nitrogens with one attached hydrogen (secondary N) is 2. The van der Waals surface area contributed by atoms with Crippen LogP contribution >= 0.6 is 0 Å². The van der Waals surface area contributed by atoms with Crippen LogP contribution < -0.4 is 5.32 Å². The van der Waals surface area contributed by atoms with Crippen molar-refractivity contribution >= 4 is 50.6 Å². The predicted molar refractivity (Wildman–Crippen MR) is 282 cm³/mol. The largest absolute Gasteiger partial charge is 0.354 e. The number of hydrogen-bond donors (Lipinski definition) is 2. The van der Waals surface area contributed by atoms with E-state index in [2.05, 4.69) is 186 Å². The van der Waals surface area contributed by atoms with Crippen LogP contribution in [0.2, 0.25) is 0 Å². The Morgan fingerprint density at radius 3 is 1.59 bits per heavy atom. The number of para-hydroxylation sites is 2. The molecule has 12 rings (SSSR count). The maximum absolute atomic E-state index is 9.74. The van der Waals surface area contributed by atoms with Crippen molar-refractivity contribution in [3.63, 3.8) is 0 Å². The molecule has 5 heteroatoms. The molecular formula is C63H43N5. The average Bonchev–Trinajstić information content (AvgIpc) is 3.76. The van der Waals surface area contributed by atoms with Crippen molar-refractivity contribution in [3.05, 3.63) is 270 Å². The molecule has 0 fully saturated rings. The molecule has 9 aromatic carbocycles. The summed E-state index contributed by atoms with van der Waals surface area (Å²) in [6.07, 6.45) is 2.25. The van der Waals surface area contributed by atoms with E-state index in [1.54, 1.807) is 0 Å². The first-order valence-corrected chi connectivity index (χ1v) is 22.9. The number of aromatic nitrogens is 3. The first-order chi connectivity index (χ1) is 33.6. The van der Waals surface area contributed by atoms with Gasteiger partial charge in [0.1, 0.15) is 0 Å². The average molecular weight is 870 g/mol. The van der Waals surface area contributed by atoms with Gasteiger partial charge in [-0.15, -0.1) is 0 Å². The van der Waals surface area contributed by atoms with Crippen molar-refractivity contribution in [3.8, 4) is 50.7 Å². The van der Waals surface area contributed by atoms with Gasteiger partial charge in [-0.1, -0.05) is 206 Å². The quantitative estimate of drug-likeness (QED) is 0.142. The van der Waals surface area contributed by atoms with Gasteiger partial charge in [-0.05, 0) is 70.3 Å². The van der Waals surface area contributed by atoms with Crippen molar-refractivity contribution in [1.29, 1.82) is 5.41 Å². The Labute approximate surface area is 395 Å². The summed E-state index contributed by atoms with van der Waals surface area (Å²) in [5.74, 6) is 0.665. The van der Waals surface area contributed by atoms with Crippen molar-refractivity contribution < 1.29 is 0 Å². The van der Waals surface area contributed by atoms with Crippen molar-refractivity contribution in [2.24, 2.45) is 0 Å². The first kappa shape index (κ1) is 40.3. The molecule has 320 valence electrons. The lowest BCUT2D eigenvalue weighted by atomic mass is 9.85. The zero-order valence-corrected chi connectivity index (χ0v) is 37.0. The molecule has 5 nitrogen and oxygen atoms in total. The molecule has 0 atom stereocenters. The van der Waals surface area contributed by atoms with Crippen molar-refractivity contribution in [1.82, 2.24) is 19.9 Å². The second kappa shape index (κ2) is 17.3. The van der Waals surface area contributed by atoms with Crippen LogP contribution in [0, 0.1) is 5.41 Å². The minimum absolute atomic E-state index is 0.446. The fourth-order valence-electron chi connectivity index (χ4n) is 9.60. The Hall–Kier alpha value is -9.19. The molecule has 2 N–H and O–H groups in total. The zero-order chi connectivity index (χ0) is 45.4. The van der Waals surface area contributed by atoms with Crippen LogP contribution in [0.1, 0.15) is 27.8 Å². The van der Waals surface area contributed by atoms with Gasteiger partial charge in [-0.2, -0.15) is 0 Å². The molecule has 0 bridgehead atoms. The highest BCUT2D eigenvalue weighted by atomic mass is 15.0. The van der Waals surface area contributed by atoms with Crippen LogP contribution in [0.4, 0.5) is 0 Å². The van der Waals surface area contributed by atoms with Crippen LogP contribution in [-0.2, 0) is 0 Å². The second-order valence-electron chi connectivity index (χ2n) is 17.0. The molecule has 0 unspecified atom stereocenters. The number of nitrogens with zero attached hydrogens (tertiary/aromatic N) is 3. The summed E-state index contributed by atoms with van der Waals surface area (Å²) in [4.78, 5) is 10.4. The molecule has 0 aliphatic carbocycles. The lowest BCUT2D eigenvalue weighted by molar-refractivity contribution is 1.17. The minimum atomic E-state index is 0.446. The van der Waals surface area contributed by atoms with Crippen LogP contribution in [0.3, 0.4) is 0 Å². The number of fused-ring (bicyclic) bond motifs is 4. The Morgan fingerprint density at radius 2 is 0.926 bits per heavy atom. The normalized spacial score (nSPS) is 12.9. The van der Waals surface area contributed by atoms with E-state index < -0.39 is 0 Å². The molecule has 1 aliphatic rings. The Balaban J connectivity index is 0.995. The van der Waals surface area contributed by atoms with Gasteiger partial charge in [0.2, 0.25) is 0 Å². The van der Waals surface area contributed by atoms with Gasteiger partial charge in [0.05, 0.1) is 33.8 Å². The number of rotatable bonds is 9. The smallest absolute Gasteiger partial charge is 0.160 e. The summed E-state index contributed by atoms with van der Waals surface area (Å²) in [6.45, 7) is 0. The number of hydrogen-bond acceptors (Lipinski definition) is 4. The Bertz CT molecular complexity index is 3690. The Kier molecular flexibility index (Phi) is 10.3. The van der Waals surface area contributed by atoms with Crippen LogP contribution in [0.25, 0.3) is 95.6 Å². The molecule has 68 heavy (non-hydrogen) atoms. The summed E-state index contributed by atoms with van der Waals surface area (Å²) >= 11 is 0. The van der Waals surface area contributed by atoms with E-state index >= 15 is 0 Å². The second-order valence-corrected chi connectivity index (χ2v) is 17.0. The molecular weight excluding hydrogens is 827 g/mol. The van der Waals surface area contributed by atoms with Gasteiger partial charge < -0.3 is 9.88 Å². The molecule has 0 amide bonds. The topological polar surface area (TPSA) is 66.6 Å². The molecule has 2 aromatic heterocycles. The highest BCUT2D eigenvalue weighted by molar-refractivity contribution is 6.36. The van der Waals surface area contributed by atoms with Gasteiger partial charge in [-0.3, -0.25) is 5.41 Å². The van der Waals surface area contributed by atoms with Gasteiger partial charge >= 0.3 is 0 Å². The lowest BCUT2D eigenvalue weighted by Crippen LogP contribution is -2.20. The highest BCUT2D eigenvalue weighted by Gasteiger charge is 2.26. The van der Waals surface area contributed by atoms with E-state index in [4.69, 9.17) is 9.97 Å². The van der Waals surface area contributed by atoms with Crippen molar-refractivity contribution in [2.45, 2.75) is 0 Å². The van der Waals surface area contributed by atoms with E-state index in [-0.39, 0.29) is 0 Å². The molecule has 0 saturated heterocycles. The van der Waals surface area contributed by atoms with E-state index in [0.717, 1.165) is 89.7 Å². The maximum atomic E-state index is 9.74. The van der Waals surface area contributed by atoms with Crippen LogP contribution in [-0.4, -0.2) is 20.2 Å². The summed E-state index contributed by atoms with van der Waals surface area (Å²) in [5, 5.41) is 16.1. The van der Waals surface area contributed by atoms with Gasteiger partial charge in [-0.25, -0.2) is 9.97 Å². The van der Waals surface area contributed by atoms with Crippen LogP contribution in [0.15, 0.2) is 243 Å². The van der Waals surface area contributed by atoms with Crippen LogP contribution in [0.5, 0.6) is 0 Å². The monoisotopic (exact) mass is 869 g/mol. The zero-order valence-electron chi connectivity index (χ0n) is 37.0. The third-order valence-corrected chi connectivity index (χ3v) is 12.9. The third-order valence-electron chi connectivity index (χ3n) is 12.9. The summed E-state index contributed by atoms with van der Waals surface area (Å²) < 4.78 is 2.34. The van der Waals surface area contributed by atoms with E-state index in [1.807, 2.05) is 72.8 Å². The number of benzene rings is 9. The fourth-order valence-corrected chi connectivity index (χ4v) is 9.60. The molecule has 0 radical (unpaired) electrons. The standard InChI is InChI=1S/C63H43N5/c64-61(45-23-9-3-10-24-45)60(44-21-7-2-8-22-44)62-53-32-18-31-50(54(53)40-55(65-62)42-19-5-1-6-20-42)47-27-17-28-48(39-47)57-41-56(66-63(67-57)46-25-11-4-12-26-46)43-35-37-49(38-36-43)68-58-33-15-13-29-51(58)52-30-14-16-34-59(52)68/h1-41,64-65H/b62-60-,64-61?. The first-order valence-electron chi connectivity index (χ1n) is 22.9.